The predicted octanol–water partition coefficient (Wildman–Crippen LogP) is 0.810. The number of rotatable bonds is 2. The first-order chi connectivity index (χ1) is 7.63. The van der Waals surface area contributed by atoms with E-state index >= 15 is 0 Å². The molecule has 0 radical (unpaired) electrons. The fraction of sp³-hybridized carbons (Fsp3) is 0.300. The number of hydrogen-bond donors (Lipinski definition) is 1. The van der Waals surface area contributed by atoms with Crippen LogP contribution in [0, 0.1) is 0 Å². The summed E-state index contributed by atoms with van der Waals surface area (Å²) in [5.74, 6) is 0.250. The summed E-state index contributed by atoms with van der Waals surface area (Å²) in [6, 6.07) is 1.60. The molecule has 2 aromatic heterocycles. The van der Waals surface area contributed by atoms with Gasteiger partial charge in [-0.15, -0.1) is 0 Å². The van der Waals surface area contributed by atoms with Gasteiger partial charge in [-0.05, 0) is 6.07 Å². The normalized spacial score (nSPS) is 10.4. The Morgan fingerprint density at radius 3 is 2.88 bits per heavy atom. The van der Waals surface area contributed by atoms with E-state index in [9.17, 15) is 4.79 Å². The number of hydrogen-bond acceptors (Lipinski definition) is 5. The van der Waals surface area contributed by atoms with Crippen LogP contribution in [0.5, 0.6) is 0 Å². The molecule has 84 valence electrons. The minimum atomic E-state index is -0.402. The second kappa shape index (κ2) is 3.80. The third kappa shape index (κ3) is 1.58. The van der Waals surface area contributed by atoms with E-state index in [2.05, 4.69) is 19.7 Å². The Hall–Kier alpha value is -2.11. The van der Waals surface area contributed by atoms with Gasteiger partial charge in [-0.1, -0.05) is 0 Å². The molecular weight excluding hydrogens is 208 g/mol. The highest BCUT2D eigenvalue weighted by atomic mass is 16.5. The van der Waals surface area contributed by atoms with Crippen LogP contribution in [0.25, 0.3) is 11.2 Å². The van der Waals surface area contributed by atoms with E-state index in [0.29, 0.717) is 22.7 Å². The molecule has 0 aliphatic rings. The molecule has 0 amide bonds. The summed E-state index contributed by atoms with van der Waals surface area (Å²) in [5.41, 5.74) is 1.54. The number of anilines is 1. The summed E-state index contributed by atoms with van der Waals surface area (Å²) in [6.07, 6.45) is 1.54. The summed E-state index contributed by atoms with van der Waals surface area (Å²) < 4.78 is 4.69. The summed E-state index contributed by atoms with van der Waals surface area (Å²) in [6.45, 7) is 0. The minimum Gasteiger partial charge on any atom is -0.465 e. The molecule has 0 unspecified atom stereocenters. The molecule has 0 saturated carbocycles. The molecule has 6 nitrogen and oxygen atoms in total. The van der Waals surface area contributed by atoms with Gasteiger partial charge < -0.3 is 14.6 Å². The topological polar surface area (TPSA) is 71.1 Å². The second-order valence-corrected chi connectivity index (χ2v) is 3.50. The monoisotopic (exact) mass is 220 g/mol. The minimum absolute atomic E-state index is 0.402. The number of fused-ring (bicyclic) bond motifs is 1. The van der Waals surface area contributed by atoms with E-state index in [4.69, 9.17) is 0 Å². The van der Waals surface area contributed by atoms with Crippen LogP contribution in [0.1, 0.15) is 10.4 Å². The largest absolute Gasteiger partial charge is 0.465 e. The number of pyridine rings is 1. The molecule has 0 aliphatic heterocycles. The Labute approximate surface area is 92.3 Å². The van der Waals surface area contributed by atoms with Gasteiger partial charge in [-0.2, -0.15) is 4.98 Å². The van der Waals surface area contributed by atoms with E-state index < -0.39 is 5.97 Å². The van der Waals surface area contributed by atoms with Crippen LogP contribution in [0.4, 0.5) is 5.95 Å². The predicted molar refractivity (Wildman–Crippen MR) is 59.6 cm³/mol. The molecule has 2 heterocycles. The van der Waals surface area contributed by atoms with Crippen LogP contribution < -0.4 is 4.90 Å². The lowest BCUT2D eigenvalue weighted by molar-refractivity contribution is 0.0602. The molecule has 16 heavy (non-hydrogen) atoms. The number of esters is 1. The molecule has 0 aliphatic carbocycles. The molecule has 1 N–H and O–H groups in total. The van der Waals surface area contributed by atoms with Crippen molar-refractivity contribution in [2.75, 3.05) is 26.1 Å². The van der Waals surface area contributed by atoms with E-state index in [0.717, 1.165) is 0 Å². The lowest BCUT2D eigenvalue weighted by Crippen LogP contribution is -2.10. The third-order valence-corrected chi connectivity index (χ3v) is 2.21. The number of nitrogens with zero attached hydrogens (tertiary/aromatic N) is 3. The van der Waals surface area contributed by atoms with Crippen LogP contribution in [-0.2, 0) is 4.74 Å². The van der Waals surface area contributed by atoms with Gasteiger partial charge in [0.15, 0.2) is 5.65 Å². The zero-order chi connectivity index (χ0) is 11.7. The Bertz CT molecular complexity index is 533. The number of ether oxygens (including phenoxy) is 1. The zero-order valence-corrected chi connectivity index (χ0v) is 9.31. The maximum absolute atomic E-state index is 11.5. The third-order valence-electron chi connectivity index (χ3n) is 2.21. The highest BCUT2D eigenvalue weighted by Gasteiger charge is 2.14. The first kappa shape index (κ1) is 10.4. The number of carbonyl (C=O) groups excluding carboxylic acids is 1. The van der Waals surface area contributed by atoms with Crippen LogP contribution >= 0.6 is 0 Å². The number of nitrogens with one attached hydrogen (secondary N) is 1. The van der Waals surface area contributed by atoms with Crippen molar-refractivity contribution in [3.8, 4) is 0 Å². The van der Waals surface area contributed by atoms with Crippen molar-refractivity contribution in [3.05, 3.63) is 17.8 Å². The zero-order valence-electron chi connectivity index (χ0n) is 9.31. The second-order valence-electron chi connectivity index (χ2n) is 3.50. The molecule has 0 aromatic carbocycles. The average Bonchev–Trinajstić information content (AvgIpc) is 2.71. The quantitative estimate of drug-likeness (QED) is 0.758. The summed E-state index contributed by atoms with van der Waals surface area (Å²) in [7, 11) is 5.06. The Morgan fingerprint density at radius 1 is 1.50 bits per heavy atom. The van der Waals surface area contributed by atoms with Crippen molar-refractivity contribution in [2.45, 2.75) is 0 Å². The van der Waals surface area contributed by atoms with Crippen LogP contribution in [0.2, 0.25) is 0 Å². The number of methoxy groups -OCH3 is 1. The molecule has 0 bridgehead atoms. The Balaban J connectivity index is 2.63. The summed E-state index contributed by atoms with van der Waals surface area (Å²) >= 11 is 0. The summed E-state index contributed by atoms with van der Waals surface area (Å²) in [4.78, 5) is 24.7. The van der Waals surface area contributed by atoms with E-state index in [1.54, 1.807) is 6.07 Å². The van der Waals surface area contributed by atoms with Gasteiger partial charge in [0.25, 0.3) is 0 Å². The molecular formula is C10H12N4O2. The Kier molecular flexibility index (Phi) is 2.47. The van der Waals surface area contributed by atoms with Gasteiger partial charge in [0.2, 0.25) is 5.95 Å². The molecule has 2 aromatic rings. The smallest absolute Gasteiger partial charge is 0.340 e. The molecule has 0 fully saturated rings. The standard InChI is InChI=1S/C10H12N4O2/c1-14(2)10-12-7-6(9(15)16-3)4-5-11-8(7)13-10/h4-5H,1-3H3,(H,11,12,13). The van der Waals surface area contributed by atoms with Gasteiger partial charge >= 0.3 is 5.97 Å². The average molecular weight is 220 g/mol. The van der Waals surface area contributed by atoms with Gasteiger partial charge in [-0.3, -0.25) is 0 Å². The van der Waals surface area contributed by atoms with Crippen molar-refractivity contribution in [2.24, 2.45) is 0 Å². The van der Waals surface area contributed by atoms with E-state index in [1.807, 2.05) is 19.0 Å². The maximum Gasteiger partial charge on any atom is 0.340 e. The van der Waals surface area contributed by atoms with Gasteiger partial charge in [0.1, 0.15) is 5.52 Å². The van der Waals surface area contributed by atoms with Crippen molar-refractivity contribution in [1.29, 1.82) is 0 Å². The fourth-order valence-corrected chi connectivity index (χ4v) is 1.39. The lowest BCUT2D eigenvalue weighted by Gasteiger charge is -2.05. The van der Waals surface area contributed by atoms with Crippen molar-refractivity contribution < 1.29 is 9.53 Å². The molecule has 0 atom stereocenters. The summed E-state index contributed by atoms with van der Waals surface area (Å²) in [5, 5.41) is 0. The maximum atomic E-state index is 11.5. The van der Waals surface area contributed by atoms with Gasteiger partial charge in [-0.25, -0.2) is 9.78 Å². The van der Waals surface area contributed by atoms with Crippen LogP contribution in [0.3, 0.4) is 0 Å². The van der Waals surface area contributed by atoms with Crippen LogP contribution in [-0.4, -0.2) is 42.1 Å². The number of aromatic nitrogens is 3. The number of carbonyl (C=O) groups is 1. The SMILES string of the molecule is COC(=O)c1ccnc2nc(N(C)C)[nH]c12. The first-order valence-corrected chi connectivity index (χ1v) is 4.74. The van der Waals surface area contributed by atoms with Gasteiger partial charge in [0.05, 0.1) is 12.7 Å². The molecule has 6 heteroatoms. The highest BCUT2D eigenvalue weighted by molar-refractivity contribution is 6.01. The van der Waals surface area contributed by atoms with E-state index in [1.165, 1.54) is 13.3 Å². The van der Waals surface area contributed by atoms with E-state index in [-0.39, 0.29) is 0 Å². The van der Waals surface area contributed by atoms with Crippen LogP contribution in [0.15, 0.2) is 12.3 Å². The molecule has 0 saturated heterocycles. The fourth-order valence-electron chi connectivity index (χ4n) is 1.39. The van der Waals surface area contributed by atoms with Gasteiger partial charge in [0, 0.05) is 20.3 Å². The number of imidazole rings is 1. The number of H-pyrrole nitrogens is 1. The highest BCUT2D eigenvalue weighted by Crippen LogP contribution is 2.18. The van der Waals surface area contributed by atoms with Crippen molar-refractivity contribution >= 4 is 23.1 Å². The molecule has 2 rings (SSSR count). The van der Waals surface area contributed by atoms with Crippen molar-refractivity contribution in [1.82, 2.24) is 15.0 Å². The lowest BCUT2D eigenvalue weighted by atomic mass is 10.2. The molecule has 0 spiro atoms. The first-order valence-electron chi connectivity index (χ1n) is 4.74. The number of aromatic amines is 1. The van der Waals surface area contributed by atoms with Crippen molar-refractivity contribution in [3.63, 3.8) is 0 Å². The Morgan fingerprint density at radius 2 is 2.25 bits per heavy atom.